The lowest BCUT2D eigenvalue weighted by atomic mass is 9.97. The standard InChI is InChI=1S/C18H16O4/c1-12-7-6-10-15(11-12)17(21)18(22-13(2)19)16(20)14-8-4-3-5-9-14/h3-11,18H,1-2H3. The van der Waals surface area contributed by atoms with Gasteiger partial charge in [0.05, 0.1) is 0 Å². The summed E-state index contributed by atoms with van der Waals surface area (Å²) < 4.78 is 4.98. The molecular weight excluding hydrogens is 280 g/mol. The van der Waals surface area contributed by atoms with Gasteiger partial charge in [0.1, 0.15) is 0 Å². The van der Waals surface area contributed by atoms with Crippen molar-refractivity contribution in [1.29, 1.82) is 0 Å². The van der Waals surface area contributed by atoms with E-state index in [-0.39, 0.29) is 0 Å². The van der Waals surface area contributed by atoms with Gasteiger partial charge < -0.3 is 4.74 Å². The number of carbonyl (C=O) groups excluding carboxylic acids is 3. The van der Waals surface area contributed by atoms with Crippen LogP contribution in [0.15, 0.2) is 54.6 Å². The topological polar surface area (TPSA) is 60.4 Å². The zero-order valence-electron chi connectivity index (χ0n) is 12.4. The maximum atomic E-state index is 12.5. The molecule has 0 aromatic heterocycles. The molecule has 112 valence electrons. The van der Waals surface area contributed by atoms with E-state index in [9.17, 15) is 14.4 Å². The van der Waals surface area contributed by atoms with Gasteiger partial charge in [-0.15, -0.1) is 0 Å². The maximum Gasteiger partial charge on any atom is 0.303 e. The van der Waals surface area contributed by atoms with E-state index in [1.807, 2.05) is 13.0 Å². The summed E-state index contributed by atoms with van der Waals surface area (Å²) in [7, 11) is 0. The molecule has 0 aliphatic heterocycles. The van der Waals surface area contributed by atoms with E-state index in [1.54, 1.807) is 48.5 Å². The molecule has 2 aromatic rings. The molecule has 2 rings (SSSR count). The van der Waals surface area contributed by atoms with Crippen molar-refractivity contribution in [2.24, 2.45) is 0 Å². The van der Waals surface area contributed by atoms with Gasteiger partial charge in [0.15, 0.2) is 0 Å². The third-order valence-electron chi connectivity index (χ3n) is 3.12. The number of hydrogen-bond acceptors (Lipinski definition) is 4. The van der Waals surface area contributed by atoms with Crippen molar-refractivity contribution in [1.82, 2.24) is 0 Å². The van der Waals surface area contributed by atoms with Crippen LogP contribution < -0.4 is 0 Å². The van der Waals surface area contributed by atoms with Gasteiger partial charge in [-0.1, -0.05) is 54.1 Å². The van der Waals surface area contributed by atoms with Crippen molar-refractivity contribution in [3.8, 4) is 0 Å². The molecule has 0 N–H and O–H groups in total. The zero-order chi connectivity index (χ0) is 16.1. The Labute approximate surface area is 128 Å². The highest BCUT2D eigenvalue weighted by atomic mass is 16.5. The minimum atomic E-state index is -1.46. The zero-order valence-corrected chi connectivity index (χ0v) is 12.4. The second kappa shape index (κ2) is 6.80. The largest absolute Gasteiger partial charge is 0.446 e. The molecule has 0 heterocycles. The summed E-state index contributed by atoms with van der Waals surface area (Å²) in [5.41, 5.74) is 1.56. The molecule has 0 radical (unpaired) electrons. The van der Waals surface area contributed by atoms with Crippen molar-refractivity contribution in [3.63, 3.8) is 0 Å². The molecule has 0 saturated carbocycles. The van der Waals surface area contributed by atoms with Crippen molar-refractivity contribution in [2.45, 2.75) is 20.0 Å². The van der Waals surface area contributed by atoms with Crippen LogP contribution in [0.3, 0.4) is 0 Å². The quantitative estimate of drug-likeness (QED) is 0.483. The molecule has 0 spiro atoms. The van der Waals surface area contributed by atoms with Crippen LogP contribution in [-0.4, -0.2) is 23.6 Å². The van der Waals surface area contributed by atoms with Crippen molar-refractivity contribution in [2.75, 3.05) is 0 Å². The van der Waals surface area contributed by atoms with Gasteiger partial charge in [0, 0.05) is 18.1 Å². The van der Waals surface area contributed by atoms with Gasteiger partial charge in [-0.05, 0) is 13.0 Å². The van der Waals surface area contributed by atoms with Crippen molar-refractivity contribution < 1.29 is 19.1 Å². The van der Waals surface area contributed by atoms with Crippen LogP contribution in [0.25, 0.3) is 0 Å². The van der Waals surface area contributed by atoms with E-state index in [1.165, 1.54) is 6.92 Å². The van der Waals surface area contributed by atoms with Gasteiger partial charge >= 0.3 is 5.97 Å². The highest BCUT2D eigenvalue weighted by Crippen LogP contribution is 2.14. The Bertz CT molecular complexity index is 704. The number of carbonyl (C=O) groups is 3. The number of ether oxygens (including phenoxy) is 1. The maximum absolute atomic E-state index is 12.5. The van der Waals surface area contributed by atoms with E-state index in [0.29, 0.717) is 11.1 Å². The summed E-state index contributed by atoms with van der Waals surface area (Å²) in [6, 6.07) is 15.1. The van der Waals surface area contributed by atoms with Crippen LogP contribution in [0, 0.1) is 6.92 Å². The molecule has 4 heteroatoms. The fourth-order valence-electron chi connectivity index (χ4n) is 2.10. The molecule has 0 fully saturated rings. The summed E-state index contributed by atoms with van der Waals surface area (Å²) in [4.78, 5) is 36.3. The van der Waals surface area contributed by atoms with Gasteiger partial charge in [0.2, 0.25) is 17.7 Å². The van der Waals surface area contributed by atoms with Crippen LogP contribution in [0.1, 0.15) is 33.2 Å². The Morgan fingerprint density at radius 2 is 1.45 bits per heavy atom. The first-order valence-corrected chi connectivity index (χ1v) is 6.86. The first-order valence-electron chi connectivity index (χ1n) is 6.86. The summed E-state index contributed by atoms with van der Waals surface area (Å²) >= 11 is 0. The van der Waals surface area contributed by atoms with E-state index >= 15 is 0 Å². The summed E-state index contributed by atoms with van der Waals surface area (Å²) in [6.45, 7) is 3.02. The molecule has 0 saturated heterocycles. The van der Waals surface area contributed by atoms with Gasteiger partial charge in [0.25, 0.3) is 0 Å². The minimum absolute atomic E-state index is 0.328. The smallest absolute Gasteiger partial charge is 0.303 e. The monoisotopic (exact) mass is 296 g/mol. The summed E-state index contributed by atoms with van der Waals surface area (Å²) in [5.74, 6) is -1.72. The fraction of sp³-hybridized carbons (Fsp3) is 0.167. The molecule has 4 nitrogen and oxygen atoms in total. The molecule has 1 unspecified atom stereocenters. The average molecular weight is 296 g/mol. The Kier molecular flexibility index (Phi) is 4.84. The number of rotatable bonds is 5. The first kappa shape index (κ1) is 15.6. The summed E-state index contributed by atoms with van der Waals surface area (Å²) in [6.07, 6.45) is -1.46. The Morgan fingerprint density at radius 3 is 2.05 bits per heavy atom. The molecule has 1 atom stereocenters. The second-order valence-corrected chi connectivity index (χ2v) is 4.95. The molecule has 22 heavy (non-hydrogen) atoms. The molecule has 0 aliphatic rings. The molecule has 2 aromatic carbocycles. The van der Waals surface area contributed by atoms with Gasteiger partial charge in [-0.3, -0.25) is 14.4 Å². The van der Waals surface area contributed by atoms with Crippen molar-refractivity contribution >= 4 is 17.5 Å². The number of esters is 1. The van der Waals surface area contributed by atoms with Gasteiger partial charge in [-0.2, -0.15) is 0 Å². The van der Waals surface area contributed by atoms with Crippen LogP contribution in [0.4, 0.5) is 0 Å². The lowest BCUT2D eigenvalue weighted by molar-refractivity contribution is -0.142. The van der Waals surface area contributed by atoms with E-state index in [0.717, 1.165) is 5.56 Å². The molecule has 0 amide bonds. The van der Waals surface area contributed by atoms with Crippen LogP contribution >= 0.6 is 0 Å². The molecular formula is C18H16O4. The molecule has 0 aliphatic carbocycles. The highest BCUT2D eigenvalue weighted by molar-refractivity contribution is 6.19. The lowest BCUT2D eigenvalue weighted by Crippen LogP contribution is -2.34. The predicted octanol–water partition coefficient (Wildman–Crippen LogP) is 2.99. The van der Waals surface area contributed by atoms with E-state index < -0.39 is 23.6 Å². The van der Waals surface area contributed by atoms with Crippen LogP contribution in [0.2, 0.25) is 0 Å². The SMILES string of the molecule is CC(=O)OC(C(=O)c1ccccc1)C(=O)c1cccc(C)c1. The number of benzene rings is 2. The Morgan fingerprint density at radius 1 is 0.864 bits per heavy atom. The Balaban J connectivity index is 2.36. The fourth-order valence-corrected chi connectivity index (χ4v) is 2.10. The number of aryl methyl sites for hydroxylation is 1. The lowest BCUT2D eigenvalue weighted by Gasteiger charge is -2.15. The number of Topliss-reactive ketones (excluding diaryl/α,β-unsaturated/α-hetero) is 2. The van der Waals surface area contributed by atoms with Gasteiger partial charge in [-0.25, -0.2) is 0 Å². The average Bonchev–Trinajstić information content (AvgIpc) is 2.52. The third kappa shape index (κ3) is 3.67. The van der Waals surface area contributed by atoms with E-state index in [2.05, 4.69) is 0 Å². The van der Waals surface area contributed by atoms with E-state index in [4.69, 9.17) is 4.74 Å². The Hall–Kier alpha value is -2.75. The number of ketones is 2. The van der Waals surface area contributed by atoms with Crippen molar-refractivity contribution in [3.05, 3.63) is 71.3 Å². The normalized spacial score (nSPS) is 11.5. The minimum Gasteiger partial charge on any atom is -0.446 e. The van der Waals surface area contributed by atoms with Crippen LogP contribution in [-0.2, 0) is 9.53 Å². The molecule has 0 bridgehead atoms. The predicted molar refractivity (Wildman–Crippen MR) is 81.8 cm³/mol. The number of hydrogen-bond donors (Lipinski definition) is 0. The summed E-state index contributed by atoms with van der Waals surface area (Å²) in [5, 5.41) is 0. The highest BCUT2D eigenvalue weighted by Gasteiger charge is 2.31. The first-order chi connectivity index (χ1) is 10.5. The third-order valence-corrected chi connectivity index (χ3v) is 3.12. The second-order valence-electron chi connectivity index (χ2n) is 4.95. The van der Waals surface area contributed by atoms with Crippen LogP contribution in [0.5, 0.6) is 0 Å².